The van der Waals surface area contributed by atoms with E-state index in [0.717, 1.165) is 16.1 Å². The maximum absolute atomic E-state index is 11.9. The third-order valence-electron chi connectivity index (χ3n) is 3.29. The molecular formula is C14H23N3O5S2. The lowest BCUT2D eigenvalue weighted by atomic mass is 10.1. The number of amides is 1. The average molecular weight is 377 g/mol. The van der Waals surface area contributed by atoms with Crippen molar-refractivity contribution in [3.63, 3.8) is 0 Å². The Morgan fingerprint density at radius 2 is 1.71 bits per heavy atom. The molecule has 0 aliphatic heterocycles. The second-order valence-electron chi connectivity index (χ2n) is 5.69. The largest absolute Gasteiger partial charge is 0.355 e. The summed E-state index contributed by atoms with van der Waals surface area (Å²) >= 11 is 0. The van der Waals surface area contributed by atoms with Gasteiger partial charge in [-0.05, 0) is 38.0 Å². The van der Waals surface area contributed by atoms with Crippen LogP contribution in [0.2, 0.25) is 0 Å². The summed E-state index contributed by atoms with van der Waals surface area (Å²) in [5, 5.41) is 7.66. The van der Waals surface area contributed by atoms with Crippen LogP contribution in [0.15, 0.2) is 29.2 Å². The van der Waals surface area contributed by atoms with Crippen molar-refractivity contribution in [2.45, 2.75) is 31.2 Å². The molecule has 3 N–H and O–H groups in total. The molecule has 1 aromatic rings. The molecule has 0 aliphatic carbocycles. The zero-order valence-electron chi connectivity index (χ0n) is 13.9. The summed E-state index contributed by atoms with van der Waals surface area (Å²) < 4.78 is 46.6. The highest BCUT2D eigenvalue weighted by Crippen LogP contribution is 2.09. The van der Waals surface area contributed by atoms with Crippen molar-refractivity contribution in [1.29, 1.82) is 0 Å². The molecule has 0 heterocycles. The Morgan fingerprint density at radius 3 is 2.12 bits per heavy atom. The van der Waals surface area contributed by atoms with Crippen LogP contribution < -0.4 is 10.5 Å². The molecule has 8 nitrogen and oxygen atoms in total. The van der Waals surface area contributed by atoms with Crippen molar-refractivity contribution in [2.24, 2.45) is 5.14 Å². The van der Waals surface area contributed by atoms with Gasteiger partial charge in [0.25, 0.3) is 0 Å². The molecule has 0 saturated carbocycles. The van der Waals surface area contributed by atoms with Crippen LogP contribution in [-0.4, -0.2) is 52.4 Å². The van der Waals surface area contributed by atoms with Gasteiger partial charge in [0.15, 0.2) is 0 Å². The summed E-state index contributed by atoms with van der Waals surface area (Å²) in [6.07, 6.45) is 1.55. The van der Waals surface area contributed by atoms with E-state index < -0.39 is 26.0 Å². The van der Waals surface area contributed by atoms with Crippen molar-refractivity contribution < 1.29 is 21.6 Å². The minimum absolute atomic E-state index is 0.0241. The van der Waals surface area contributed by atoms with Crippen LogP contribution in [-0.2, 0) is 31.3 Å². The zero-order valence-corrected chi connectivity index (χ0v) is 15.5. The molecule has 0 bridgehead atoms. The predicted octanol–water partition coefficient (Wildman–Crippen LogP) is -0.337. The van der Waals surface area contributed by atoms with E-state index in [4.69, 9.17) is 5.14 Å². The van der Waals surface area contributed by atoms with Crippen LogP contribution >= 0.6 is 0 Å². The molecule has 1 rings (SSSR count). The molecule has 0 radical (unpaired) electrons. The quantitative estimate of drug-likeness (QED) is 0.641. The fourth-order valence-corrected chi connectivity index (χ4v) is 3.71. The van der Waals surface area contributed by atoms with Crippen LogP contribution in [0.3, 0.4) is 0 Å². The monoisotopic (exact) mass is 377 g/mol. The SMILES string of the molecule is CC(C)N(CC(=O)NCCc1ccc(S(N)(=O)=O)cc1)S(C)(=O)=O. The zero-order chi connectivity index (χ0) is 18.5. The smallest absolute Gasteiger partial charge is 0.238 e. The number of carbonyl (C=O) groups is 1. The highest BCUT2D eigenvalue weighted by Gasteiger charge is 2.22. The Kier molecular flexibility index (Phi) is 6.90. The summed E-state index contributed by atoms with van der Waals surface area (Å²) in [4.78, 5) is 11.9. The first-order chi connectivity index (χ1) is 10.9. The molecule has 136 valence electrons. The molecule has 0 spiro atoms. The number of nitrogens with zero attached hydrogens (tertiary/aromatic N) is 1. The number of nitrogens with one attached hydrogen (secondary N) is 1. The van der Waals surface area contributed by atoms with E-state index in [0.29, 0.717) is 13.0 Å². The highest BCUT2D eigenvalue weighted by atomic mass is 32.2. The molecule has 0 saturated heterocycles. The van der Waals surface area contributed by atoms with Gasteiger partial charge >= 0.3 is 0 Å². The van der Waals surface area contributed by atoms with Crippen LogP contribution in [0.5, 0.6) is 0 Å². The first-order valence-corrected chi connectivity index (χ1v) is 10.7. The highest BCUT2D eigenvalue weighted by molar-refractivity contribution is 7.89. The van der Waals surface area contributed by atoms with Gasteiger partial charge in [-0.1, -0.05) is 12.1 Å². The van der Waals surface area contributed by atoms with E-state index >= 15 is 0 Å². The van der Waals surface area contributed by atoms with E-state index in [9.17, 15) is 21.6 Å². The van der Waals surface area contributed by atoms with Gasteiger partial charge in [-0.3, -0.25) is 4.79 Å². The normalized spacial score (nSPS) is 12.6. The second-order valence-corrected chi connectivity index (χ2v) is 9.19. The first-order valence-electron chi connectivity index (χ1n) is 7.26. The van der Waals surface area contributed by atoms with E-state index in [1.807, 2.05) is 0 Å². The lowest BCUT2D eigenvalue weighted by molar-refractivity contribution is -0.121. The third kappa shape index (κ3) is 6.56. The molecule has 0 aliphatic rings. The van der Waals surface area contributed by atoms with Crippen LogP contribution in [0, 0.1) is 0 Å². The Morgan fingerprint density at radius 1 is 1.17 bits per heavy atom. The summed E-state index contributed by atoms with van der Waals surface area (Å²) in [7, 11) is -7.17. The number of benzene rings is 1. The predicted molar refractivity (Wildman–Crippen MR) is 91.2 cm³/mol. The molecule has 0 unspecified atom stereocenters. The minimum atomic E-state index is -3.72. The van der Waals surface area contributed by atoms with Gasteiger partial charge in [-0.25, -0.2) is 22.0 Å². The summed E-state index contributed by atoms with van der Waals surface area (Å²) in [5.41, 5.74) is 0.825. The first kappa shape index (κ1) is 20.6. The van der Waals surface area contributed by atoms with E-state index in [1.165, 1.54) is 12.1 Å². The molecule has 10 heteroatoms. The number of hydrogen-bond acceptors (Lipinski definition) is 5. The Balaban J connectivity index is 2.54. The van der Waals surface area contributed by atoms with Crippen molar-refractivity contribution in [1.82, 2.24) is 9.62 Å². The molecule has 0 atom stereocenters. The summed E-state index contributed by atoms with van der Waals surface area (Å²) in [6.45, 7) is 3.47. The molecule has 0 aromatic heterocycles. The number of sulfonamides is 2. The average Bonchev–Trinajstić information content (AvgIpc) is 2.43. The summed E-state index contributed by atoms with van der Waals surface area (Å²) in [6, 6.07) is 5.72. The van der Waals surface area contributed by atoms with Gasteiger partial charge in [0.05, 0.1) is 17.7 Å². The lowest BCUT2D eigenvalue weighted by Crippen LogP contribution is -2.44. The Hall–Kier alpha value is -1.49. The van der Waals surface area contributed by atoms with E-state index in [2.05, 4.69) is 5.32 Å². The van der Waals surface area contributed by atoms with Gasteiger partial charge in [0.1, 0.15) is 0 Å². The Labute approximate surface area is 143 Å². The van der Waals surface area contributed by atoms with E-state index in [-0.39, 0.29) is 17.5 Å². The minimum Gasteiger partial charge on any atom is -0.355 e. The fourth-order valence-electron chi connectivity index (χ4n) is 2.07. The maximum atomic E-state index is 11.9. The molecule has 1 aromatic carbocycles. The molecule has 1 amide bonds. The topological polar surface area (TPSA) is 127 Å². The van der Waals surface area contributed by atoms with E-state index in [1.54, 1.807) is 26.0 Å². The number of carbonyl (C=O) groups excluding carboxylic acids is 1. The van der Waals surface area contributed by atoms with Crippen LogP contribution in [0.1, 0.15) is 19.4 Å². The van der Waals surface area contributed by atoms with Crippen molar-refractivity contribution >= 4 is 26.0 Å². The van der Waals surface area contributed by atoms with Crippen molar-refractivity contribution in [3.05, 3.63) is 29.8 Å². The van der Waals surface area contributed by atoms with Gasteiger partial charge in [-0.15, -0.1) is 0 Å². The number of rotatable bonds is 8. The molecular weight excluding hydrogens is 354 g/mol. The molecule has 24 heavy (non-hydrogen) atoms. The summed E-state index contributed by atoms with van der Waals surface area (Å²) in [5.74, 6) is -0.393. The van der Waals surface area contributed by atoms with Crippen molar-refractivity contribution in [3.8, 4) is 0 Å². The Bertz CT molecular complexity index is 771. The second kappa shape index (κ2) is 8.06. The maximum Gasteiger partial charge on any atom is 0.238 e. The molecule has 0 fully saturated rings. The van der Waals surface area contributed by atoms with Gasteiger partial charge in [0.2, 0.25) is 26.0 Å². The number of hydrogen-bond donors (Lipinski definition) is 2. The standard InChI is InChI=1S/C14H23N3O5S2/c1-11(2)17(23(3,19)20)10-14(18)16-9-8-12-4-6-13(7-5-12)24(15,21)22/h4-7,11H,8-10H2,1-3H3,(H,16,18)(H2,15,21,22). The van der Waals surface area contributed by atoms with Gasteiger partial charge < -0.3 is 5.32 Å². The van der Waals surface area contributed by atoms with Gasteiger partial charge in [0, 0.05) is 12.6 Å². The van der Waals surface area contributed by atoms with Crippen molar-refractivity contribution in [2.75, 3.05) is 19.3 Å². The van der Waals surface area contributed by atoms with Crippen LogP contribution in [0.25, 0.3) is 0 Å². The van der Waals surface area contributed by atoms with Crippen LogP contribution in [0.4, 0.5) is 0 Å². The number of nitrogens with two attached hydrogens (primary N) is 1. The number of primary sulfonamides is 1. The lowest BCUT2D eigenvalue weighted by Gasteiger charge is -2.23. The van der Waals surface area contributed by atoms with Gasteiger partial charge in [-0.2, -0.15) is 4.31 Å². The fraction of sp³-hybridized carbons (Fsp3) is 0.500. The third-order valence-corrected chi connectivity index (χ3v) is 5.62.